The van der Waals surface area contributed by atoms with Crippen LogP contribution in [0.25, 0.3) is 0 Å². The average molecular weight is 371 g/mol. The van der Waals surface area contributed by atoms with Gasteiger partial charge in [0.2, 0.25) is 0 Å². The summed E-state index contributed by atoms with van der Waals surface area (Å²) in [5.41, 5.74) is 1.18. The summed E-state index contributed by atoms with van der Waals surface area (Å²) < 4.78 is 2.25. The highest BCUT2D eigenvalue weighted by molar-refractivity contribution is 9.11. The Balaban J connectivity index is 1.72. The van der Waals surface area contributed by atoms with Crippen LogP contribution in [0, 0.1) is 17.8 Å². The second-order valence-electron chi connectivity index (χ2n) is 5.50. The third-order valence-electron chi connectivity index (χ3n) is 4.28. The maximum atomic E-state index is 3.67. The van der Waals surface area contributed by atoms with Crippen LogP contribution in [0.1, 0.15) is 19.8 Å². The molecule has 96 valence electrons. The number of hydrogen-bond acceptors (Lipinski definition) is 1. The zero-order chi connectivity index (χ0) is 12.7. The number of fused-ring (bicyclic) bond motifs is 2. The number of nitrogens with one attached hydrogen (secondary N) is 1. The van der Waals surface area contributed by atoms with Crippen molar-refractivity contribution in [1.82, 2.24) is 0 Å². The molecule has 18 heavy (non-hydrogen) atoms. The lowest BCUT2D eigenvalue weighted by molar-refractivity contribution is 0.400. The molecular weight excluding hydrogens is 354 g/mol. The fourth-order valence-corrected chi connectivity index (χ4v) is 4.08. The molecule has 0 amide bonds. The van der Waals surface area contributed by atoms with Crippen molar-refractivity contribution in [2.24, 2.45) is 17.8 Å². The van der Waals surface area contributed by atoms with E-state index in [0.717, 1.165) is 26.7 Å². The molecule has 1 aromatic rings. The largest absolute Gasteiger partial charge is 0.381 e. The van der Waals surface area contributed by atoms with Gasteiger partial charge in [-0.25, -0.2) is 0 Å². The van der Waals surface area contributed by atoms with Crippen molar-refractivity contribution in [3.63, 3.8) is 0 Å². The van der Waals surface area contributed by atoms with Crippen molar-refractivity contribution in [1.29, 1.82) is 0 Å². The molecule has 0 aromatic heterocycles. The van der Waals surface area contributed by atoms with E-state index in [4.69, 9.17) is 0 Å². The van der Waals surface area contributed by atoms with Gasteiger partial charge in [0.15, 0.2) is 0 Å². The van der Waals surface area contributed by atoms with Crippen molar-refractivity contribution >= 4 is 37.5 Å². The van der Waals surface area contributed by atoms with Crippen molar-refractivity contribution in [2.75, 3.05) is 5.32 Å². The molecule has 0 aliphatic heterocycles. The van der Waals surface area contributed by atoms with E-state index in [2.05, 4.69) is 74.5 Å². The first kappa shape index (κ1) is 12.7. The third-order valence-corrected chi connectivity index (χ3v) is 5.47. The minimum Gasteiger partial charge on any atom is -0.381 e. The highest BCUT2D eigenvalue weighted by Gasteiger charge is 2.38. The zero-order valence-corrected chi connectivity index (χ0v) is 13.5. The fraction of sp³-hybridized carbons (Fsp3) is 0.467. The van der Waals surface area contributed by atoms with Crippen molar-refractivity contribution in [2.45, 2.75) is 25.8 Å². The van der Waals surface area contributed by atoms with Gasteiger partial charge in [0, 0.05) is 20.7 Å². The van der Waals surface area contributed by atoms with Gasteiger partial charge in [-0.2, -0.15) is 0 Å². The van der Waals surface area contributed by atoms with Crippen LogP contribution in [0.4, 0.5) is 5.69 Å². The van der Waals surface area contributed by atoms with Crippen LogP contribution < -0.4 is 5.32 Å². The van der Waals surface area contributed by atoms with E-state index >= 15 is 0 Å². The van der Waals surface area contributed by atoms with Gasteiger partial charge in [0.25, 0.3) is 0 Å². The van der Waals surface area contributed by atoms with Crippen LogP contribution in [0.3, 0.4) is 0 Å². The molecule has 2 aliphatic carbocycles. The zero-order valence-electron chi connectivity index (χ0n) is 10.4. The van der Waals surface area contributed by atoms with Gasteiger partial charge < -0.3 is 5.32 Å². The van der Waals surface area contributed by atoms with E-state index in [0.29, 0.717) is 6.04 Å². The maximum absolute atomic E-state index is 3.67. The molecule has 1 saturated carbocycles. The number of anilines is 1. The summed E-state index contributed by atoms with van der Waals surface area (Å²) in [4.78, 5) is 0. The summed E-state index contributed by atoms with van der Waals surface area (Å²) in [5, 5.41) is 3.67. The molecule has 1 aromatic carbocycles. The first-order valence-corrected chi connectivity index (χ1v) is 8.12. The van der Waals surface area contributed by atoms with Gasteiger partial charge in [-0.15, -0.1) is 0 Å². The van der Waals surface area contributed by atoms with Crippen molar-refractivity contribution in [3.8, 4) is 0 Å². The quantitative estimate of drug-likeness (QED) is 0.718. The van der Waals surface area contributed by atoms with E-state index < -0.39 is 0 Å². The topological polar surface area (TPSA) is 12.0 Å². The van der Waals surface area contributed by atoms with Gasteiger partial charge in [0.1, 0.15) is 0 Å². The average Bonchev–Trinajstić information content (AvgIpc) is 2.96. The van der Waals surface area contributed by atoms with Gasteiger partial charge in [-0.05, 0) is 71.6 Å². The Morgan fingerprint density at radius 3 is 2.72 bits per heavy atom. The van der Waals surface area contributed by atoms with Crippen LogP contribution in [0.2, 0.25) is 0 Å². The molecule has 0 saturated heterocycles. The van der Waals surface area contributed by atoms with Gasteiger partial charge in [-0.3, -0.25) is 0 Å². The summed E-state index contributed by atoms with van der Waals surface area (Å²) in [6, 6.07) is 6.81. The molecule has 2 aliphatic rings. The Hall–Kier alpha value is -0.280. The third kappa shape index (κ3) is 2.39. The smallest absolute Gasteiger partial charge is 0.0498 e. The van der Waals surface area contributed by atoms with Gasteiger partial charge in [-0.1, -0.05) is 28.1 Å². The number of benzene rings is 1. The molecule has 1 nitrogen and oxygen atoms in total. The summed E-state index contributed by atoms with van der Waals surface area (Å²) >= 11 is 7.14. The van der Waals surface area contributed by atoms with Gasteiger partial charge in [0.05, 0.1) is 0 Å². The van der Waals surface area contributed by atoms with Crippen LogP contribution in [0.5, 0.6) is 0 Å². The lowest BCUT2D eigenvalue weighted by Crippen LogP contribution is -2.28. The van der Waals surface area contributed by atoms with E-state index in [-0.39, 0.29) is 0 Å². The molecule has 3 rings (SSSR count). The standard InChI is InChI=1S/C15H17Br2N/c1-9(13-7-10-2-3-11(13)6-10)18-15-8-12(16)4-5-14(15)17/h2-5,8-11,13,18H,6-7H2,1H3. The van der Waals surface area contributed by atoms with Crippen LogP contribution in [-0.4, -0.2) is 6.04 Å². The van der Waals surface area contributed by atoms with Crippen LogP contribution >= 0.6 is 31.9 Å². The molecule has 0 radical (unpaired) electrons. The van der Waals surface area contributed by atoms with Gasteiger partial charge >= 0.3 is 0 Å². The van der Waals surface area contributed by atoms with Crippen LogP contribution in [0.15, 0.2) is 39.3 Å². The molecular formula is C15H17Br2N. The molecule has 4 atom stereocenters. The molecule has 1 fully saturated rings. The van der Waals surface area contributed by atoms with Crippen LogP contribution in [-0.2, 0) is 0 Å². The second kappa shape index (κ2) is 5.01. The summed E-state index contributed by atoms with van der Waals surface area (Å²) in [5.74, 6) is 2.42. The summed E-state index contributed by atoms with van der Waals surface area (Å²) in [6.07, 6.45) is 7.55. The number of allylic oxidation sites excluding steroid dienone is 2. The fourth-order valence-electron chi connectivity index (χ4n) is 3.36. The molecule has 1 N–H and O–H groups in total. The molecule has 4 unspecified atom stereocenters. The first-order valence-electron chi connectivity index (χ1n) is 6.53. The minimum absolute atomic E-state index is 0.524. The molecule has 0 heterocycles. The SMILES string of the molecule is CC(Nc1cc(Br)ccc1Br)C1CC2C=CC1C2. The van der Waals surface area contributed by atoms with E-state index in [1.807, 2.05) is 0 Å². The Bertz CT molecular complexity index is 483. The minimum atomic E-state index is 0.524. The lowest BCUT2D eigenvalue weighted by Gasteiger charge is -2.27. The van der Waals surface area contributed by atoms with E-state index in [1.54, 1.807) is 0 Å². The highest BCUT2D eigenvalue weighted by atomic mass is 79.9. The number of rotatable bonds is 3. The Kier molecular flexibility index (Phi) is 3.55. The normalized spacial score (nSPS) is 30.7. The second-order valence-corrected chi connectivity index (χ2v) is 7.27. The monoisotopic (exact) mass is 369 g/mol. The summed E-state index contributed by atoms with van der Waals surface area (Å²) in [7, 11) is 0. The van der Waals surface area contributed by atoms with E-state index in [1.165, 1.54) is 18.5 Å². The van der Waals surface area contributed by atoms with Crippen molar-refractivity contribution in [3.05, 3.63) is 39.3 Å². The summed E-state index contributed by atoms with van der Waals surface area (Å²) in [6.45, 7) is 2.31. The first-order chi connectivity index (χ1) is 8.63. The predicted molar refractivity (Wildman–Crippen MR) is 83.8 cm³/mol. The Morgan fingerprint density at radius 2 is 2.06 bits per heavy atom. The maximum Gasteiger partial charge on any atom is 0.0498 e. The predicted octanol–water partition coefficient (Wildman–Crippen LogP) is 5.22. The molecule has 2 bridgehead atoms. The van der Waals surface area contributed by atoms with Crippen molar-refractivity contribution < 1.29 is 0 Å². The lowest BCUT2D eigenvalue weighted by atomic mass is 9.87. The molecule has 0 spiro atoms. The Labute approximate surface area is 125 Å². The van der Waals surface area contributed by atoms with E-state index in [9.17, 15) is 0 Å². The highest BCUT2D eigenvalue weighted by Crippen LogP contribution is 2.45. The molecule has 3 heteroatoms. The Morgan fingerprint density at radius 1 is 1.22 bits per heavy atom. The number of hydrogen-bond donors (Lipinski definition) is 1. The number of halogens is 2.